The van der Waals surface area contributed by atoms with Gasteiger partial charge in [0.25, 0.3) is 0 Å². The fourth-order valence-electron chi connectivity index (χ4n) is 3.07. The molecule has 0 unspecified atom stereocenters. The van der Waals surface area contributed by atoms with Crippen LogP contribution < -0.4 is 10.9 Å². The molecular weight excluding hydrogens is 361 g/mol. The molecular formula is C21H22FN3O3. The normalized spacial score (nSPS) is 13.9. The van der Waals surface area contributed by atoms with Crippen LogP contribution in [0.25, 0.3) is 6.08 Å². The number of aromatic nitrogens is 1. The third kappa shape index (κ3) is 5.64. The average Bonchev–Trinajstić information content (AvgIpc) is 2.70. The molecule has 1 saturated heterocycles. The Balaban J connectivity index is 1.43. The number of benzene rings is 1. The zero-order chi connectivity index (χ0) is 19.9. The minimum absolute atomic E-state index is 0.0440. The Hall–Kier alpha value is -3.22. The van der Waals surface area contributed by atoms with Gasteiger partial charge in [-0.2, -0.15) is 0 Å². The topological polar surface area (TPSA) is 82.3 Å². The maximum atomic E-state index is 13.0. The highest BCUT2D eigenvalue weighted by Crippen LogP contribution is 2.20. The Labute approximate surface area is 162 Å². The smallest absolute Gasteiger partial charge is 0.248 e. The first-order chi connectivity index (χ1) is 13.5. The summed E-state index contributed by atoms with van der Waals surface area (Å²) in [7, 11) is 0. The van der Waals surface area contributed by atoms with E-state index in [1.165, 1.54) is 36.0 Å². The number of hydrogen-bond donors (Lipinski definition) is 2. The number of piperidine rings is 1. The molecule has 146 valence electrons. The molecule has 0 aliphatic carbocycles. The van der Waals surface area contributed by atoms with Gasteiger partial charge in [0.15, 0.2) is 0 Å². The molecule has 1 aromatic heterocycles. The fraction of sp³-hybridized carbons (Fsp3) is 0.286. The second kappa shape index (κ2) is 9.12. The van der Waals surface area contributed by atoms with Crippen LogP contribution in [0.3, 0.4) is 0 Å². The van der Waals surface area contributed by atoms with Crippen molar-refractivity contribution >= 4 is 23.6 Å². The van der Waals surface area contributed by atoms with Crippen LogP contribution in [-0.4, -0.2) is 34.8 Å². The molecule has 0 radical (unpaired) electrons. The van der Waals surface area contributed by atoms with E-state index in [1.807, 2.05) is 6.08 Å². The summed E-state index contributed by atoms with van der Waals surface area (Å²) in [6.07, 6.45) is 5.24. The van der Waals surface area contributed by atoms with Gasteiger partial charge in [0.2, 0.25) is 17.4 Å². The standard InChI is InChI=1S/C21H22FN3O3/c22-17-3-1-15(2-4-17)13-16-9-11-25(12-10-16)21(28)8-7-20(27)24-18-5-6-19(26)23-14-18/h1-6,13-14H,7-12H2,(H,23,26)(H,24,27). The summed E-state index contributed by atoms with van der Waals surface area (Å²) >= 11 is 0. The quantitative estimate of drug-likeness (QED) is 0.833. The summed E-state index contributed by atoms with van der Waals surface area (Å²) in [5, 5.41) is 2.65. The Morgan fingerprint density at radius 1 is 1.07 bits per heavy atom. The highest BCUT2D eigenvalue weighted by molar-refractivity contribution is 5.93. The minimum Gasteiger partial charge on any atom is -0.342 e. The number of nitrogens with one attached hydrogen (secondary N) is 2. The van der Waals surface area contributed by atoms with E-state index >= 15 is 0 Å². The first-order valence-electron chi connectivity index (χ1n) is 9.21. The van der Waals surface area contributed by atoms with E-state index in [9.17, 15) is 18.8 Å². The molecule has 2 heterocycles. The summed E-state index contributed by atoms with van der Waals surface area (Å²) < 4.78 is 13.0. The Kier molecular flexibility index (Phi) is 6.37. The predicted molar refractivity (Wildman–Crippen MR) is 105 cm³/mol. The third-order valence-electron chi connectivity index (χ3n) is 4.63. The highest BCUT2D eigenvalue weighted by atomic mass is 19.1. The van der Waals surface area contributed by atoms with Gasteiger partial charge in [-0.15, -0.1) is 0 Å². The van der Waals surface area contributed by atoms with Gasteiger partial charge in [0.05, 0.1) is 5.69 Å². The first kappa shape index (κ1) is 19.5. The van der Waals surface area contributed by atoms with Crippen molar-refractivity contribution in [3.05, 3.63) is 69.9 Å². The van der Waals surface area contributed by atoms with Crippen molar-refractivity contribution in [3.63, 3.8) is 0 Å². The Bertz CT molecular complexity index is 904. The van der Waals surface area contributed by atoms with Crippen LogP contribution >= 0.6 is 0 Å². The van der Waals surface area contributed by atoms with Crippen LogP contribution in [0.5, 0.6) is 0 Å². The van der Waals surface area contributed by atoms with Gasteiger partial charge in [-0.3, -0.25) is 14.4 Å². The van der Waals surface area contributed by atoms with Crippen LogP contribution in [0.15, 0.2) is 53.0 Å². The number of aromatic amines is 1. The number of nitrogens with zero attached hydrogens (tertiary/aromatic N) is 1. The van der Waals surface area contributed by atoms with Gasteiger partial charge in [0, 0.05) is 38.2 Å². The van der Waals surface area contributed by atoms with Crippen LogP contribution in [0.1, 0.15) is 31.2 Å². The molecule has 0 saturated carbocycles. The number of anilines is 1. The molecule has 2 aromatic rings. The first-order valence-corrected chi connectivity index (χ1v) is 9.21. The van der Waals surface area contributed by atoms with Gasteiger partial charge in [-0.25, -0.2) is 4.39 Å². The van der Waals surface area contributed by atoms with Crippen molar-refractivity contribution in [1.29, 1.82) is 0 Å². The minimum atomic E-state index is -0.269. The molecule has 2 N–H and O–H groups in total. The van der Waals surface area contributed by atoms with Crippen molar-refractivity contribution in [2.45, 2.75) is 25.7 Å². The van der Waals surface area contributed by atoms with Crippen molar-refractivity contribution < 1.29 is 14.0 Å². The largest absolute Gasteiger partial charge is 0.342 e. The van der Waals surface area contributed by atoms with E-state index in [0.717, 1.165) is 18.4 Å². The fourth-order valence-corrected chi connectivity index (χ4v) is 3.07. The summed E-state index contributed by atoms with van der Waals surface area (Å²) in [6, 6.07) is 9.18. The van der Waals surface area contributed by atoms with Crippen molar-refractivity contribution in [3.8, 4) is 0 Å². The van der Waals surface area contributed by atoms with Crippen molar-refractivity contribution in [2.75, 3.05) is 18.4 Å². The molecule has 6 nitrogen and oxygen atoms in total. The SMILES string of the molecule is O=C(CCC(=O)N1CCC(=Cc2ccc(F)cc2)CC1)Nc1ccc(=O)[nH]c1. The van der Waals surface area contributed by atoms with Gasteiger partial charge in [-0.05, 0) is 36.6 Å². The number of hydrogen-bond acceptors (Lipinski definition) is 3. The summed E-state index contributed by atoms with van der Waals surface area (Å²) in [5.41, 5.74) is 2.43. The molecule has 28 heavy (non-hydrogen) atoms. The van der Waals surface area contributed by atoms with Crippen LogP contribution in [-0.2, 0) is 9.59 Å². The monoisotopic (exact) mass is 383 g/mol. The molecule has 0 bridgehead atoms. The number of H-pyrrole nitrogens is 1. The molecule has 0 spiro atoms. The number of halogens is 1. The van der Waals surface area contributed by atoms with Crippen molar-refractivity contribution in [2.24, 2.45) is 0 Å². The zero-order valence-electron chi connectivity index (χ0n) is 15.4. The second-order valence-corrected chi connectivity index (χ2v) is 6.72. The third-order valence-corrected chi connectivity index (χ3v) is 4.63. The Morgan fingerprint density at radius 3 is 2.43 bits per heavy atom. The van der Waals surface area contributed by atoms with Crippen LogP contribution in [0.4, 0.5) is 10.1 Å². The summed E-state index contributed by atoms with van der Waals surface area (Å²) in [4.78, 5) is 39.5. The highest BCUT2D eigenvalue weighted by Gasteiger charge is 2.19. The predicted octanol–water partition coefficient (Wildman–Crippen LogP) is 2.94. The summed E-state index contributed by atoms with van der Waals surface area (Å²) in [5.74, 6) is -0.570. The lowest BCUT2D eigenvalue weighted by Gasteiger charge is -2.28. The zero-order valence-corrected chi connectivity index (χ0v) is 15.4. The number of pyridine rings is 1. The lowest BCUT2D eigenvalue weighted by Crippen LogP contribution is -2.36. The number of likely N-dealkylation sites (tertiary alicyclic amines) is 1. The molecule has 7 heteroatoms. The lowest BCUT2D eigenvalue weighted by molar-refractivity contribution is -0.133. The molecule has 3 rings (SSSR count). The lowest BCUT2D eigenvalue weighted by atomic mass is 10.0. The van der Waals surface area contributed by atoms with E-state index < -0.39 is 0 Å². The van der Waals surface area contributed by atoms with E-state index in [2.05, 4.69) is 10.3 Å². The molecule has 1 fully saturated rings. The second-order valence-electron chi connectivity index (χ2n) is 6.72. The Morgan fingerprint density at radius 2 is 1.79 bits per heavy atom. The average molecular weight is 383 g/mol. The molecule has 1 aromatic carbocycles. The van der Waals surface area contributed by atoms with E-state index in [-0.39, 0.29) is 36.0 Å². The number of carbonyl (C=O) groups excluding carboxylic acids is 2. The molecule has 0 atom stereocenters. The van der Waals surface area contributed by atoms with Gasteiger partial charge < -0.3 is 15.2 Å². The number of carbonyl (C=O) groups is 2. The van der Waals surface area contributed by atoms with Gasteiger partial charge >= 0.3 is 0 Å². The molecule has 1 aliphatic rings. The van der Waals surface area contributed by atoms with E-state index in [0.29, 0.717) is 18.8 Å². The maximum Gasteiger partial charge on any atom is 0.248 e. The molecule has 2 amide bonds. The summed E-state index contributed by atoms with van der Waals surface area (Å²) in [6.45, 7) is 1.24. The maximum absolute atomic E-state index is 13.0. The number of rotatable bonds is 5. The van der Waals surface area contributed by atoms with Crippen molar-refractivity contribution in [1.82, 2.24) is 9.88 Å². The van der Waals surface area contributed by atoms with E-state index in [1.54, 1.807) is 17.0 Å². The van der Waals surface area contributed by atoms with E-state index in [4.69, 9.17) is 0 Å². The van der Waals surface area contributed by atoms with Gasteiger partial charge in [-0.1, -0.05) is 23.8 Å². The molecule has 1 aliphatic heterocycles. The van der Waals surface area contributed by atoms with Gasteiger partial charge in [0.1, 0.15) is 5.82 Å². The van der Waals surface area contributed by atoms with Crippen LogP contribution in [0, 0.1) is 5.82 Å². The number of amides is 2. The van der Waals surface area contributed by atoms with Crippen LogP contribution in [0.2, 0.25) is 0 Å².